The van der Waals surface area contributed by atoms with Crippen molar-refractivity contribution in [2.45, 2.75) is 70.2 Å². The van der Waals surface area contributed by atoms with E-state index in [2.05, 4.69) is 25.9 Å². The number of ether oxygens (including phenoxy) is 2. The van der Waals surface area contributed by atoms with Crippen LogP contribution in [0.25, 0.3) is 0 Å². The highest BCUT2D eigenvalue weighted by atomic mass is 16.6. The molecule has 2 aliphatic rings. The Hall–Kier alpha value is -3.30. The number of aromatic nitrogens is 4. The number of rotatable bonds is 10. The van der Waals surface area contributed by atoms with Gasteiger partial charge in [0.05, 0.1) is 47.7 Å². The maximum atomic E-state index is 10.9. The number of allylic oxidation sites excluding steroid dienone is 1. The van der Waals surface area contributed by atoms with Gasteiger partial charge in [-0.25, -0.2) is 0 Å². The Morgan fingerprint density at radius 1 is 1.29 bits per heavy atom. The van der Waals surface area contributed by atoms with E-state index in [4.69, 9.17) is 9.47 Å². The number of nitrogens with one attached hydrogen (secondary N) is 1. The average molecular weight is 532 g/mol. The average Bonchev–Trinajstić information content (AvgIpc) is 3.43. The zero-order valence-electron chi connectivity index (χ0n) is 21.4. The number of aliphatic hydroxyl groups is 3. The van der Waals surface area contributed by atoms with Gasteiger partial charge in [0.2, 0.25) is 0 Å². The number of tetrazole rings is 1. The van der Waals surface area contributed by atoms with Crippen LogP contribution < -0.4 is 5.43 Å². The minimum Gasteiger partial charge on any atom is -0.393 e. The molecule has 2 saturated heterocycles. The molecule has 14 heteroatoms. The number of nitrogens with zero attached hydrogens (tertiary/aromatic N) is 6. The number of nitro benzene ring substituents is 1. The van der Waals surface area contributed by atoms with E-state index >= 15 is 0 Å². The number of benzene rings is 1. The van der Waals surface area contributed by atoms with Crippen LogP contribution in [0.2, 0.25) is 0 Å². The zero-order valence-corrected chi connectivity index (χ0v) is 21.4. The second-order valence-corrected chi connectivity index (χ2v) is 9.89. The molecular weight excluding hydrogens is 498 g/mol. The smallest absolute Gasteiger partial charge is 0.269 e. The van der Waals surface area contributed by atoms with Crippen molar-refractivity contribution in [1.82, 2.24) is 20.2 Å². The van der Waals surface area contributed by atoms with E-state index in [9.17, 15) is 25.4 Å². The predicted molar refractivity (Wildman–Crippen MR) is 135 cm³/mol. The first-order valence-corrected chi connectivity index (χ1v) is 12.4. The van der Waals surface area contributed by atoms with Crippen molar-refractivity contribution in [3.8, 4) is 0 Å². The summed E-state index contributed by atoms with van der Waals surface area (Å²) < 4.78 is 11.6. The lowest BCUT2D eigenvalue weighted by Crippen LogP contribution is -2.50. The summed E-state index contributed by atoms with van der Waals surface area (Å²) in [6.07, 6.45) is 0.525. The van der Waals surface area contributed by atoms with Crippen LogP contribution in [0, 0.1) is 22.0 Å². The topological polar surface area (TPSA) is 194 Å². The van der Waals surface area contributed by atoms with Gasteiger partial charge in [-0.05, 0) is 50.1 Å². The summed E-state index contributed by atoms with van der Waals surface area (Å²) in [7, 11) is 0. The molecule has 2 aromatic rings. The molecule has 2 fully saturated rings. The van der Waals surface area contributed by atoms with Crippen molar-refractivity contribution in [2.75, 3.05) is 12.0 Å². The van der Waals surface area contributed by atoms with E-state index in [1.54, 1.807) is 13.0 Å². The number of non-ortho nitro benzene ring substituents is 1. The number of hydrogen-bond acceptors (Lipinski definition) is 12. The molecule has 0 unspecified atom stereocenters. The number of aliphatic hydroxyl groups excluding tert-OH is 3. The van der Waals surface area contributed by atoms with Gasteiger partial charge in [0.15, 0.2) is 12.2 Å². The number of epoxide rings is 1. The van der Waals surface area contributed by atoms with Crippen molar-refractivity contribution in [2.24, 2.45) is 16.9 Å². The highest BCUT2D eigenvalue weighted by Crippen LogP contribution is 2.38. The van der Waals surface area contributed by atoms with Crippen LogP contribution in [0.3, 0.4) is 0 Å². The van der Waals surface area contributed by atoms with Gasteiger partial charge in [-0.2, -0.15) is 5.10 Å². The molecule has 0 bridgehead atoms. The predicted octanol–water partition coefficient (Wildman–Crippen LogP) is 1.10. The fourth-order valence-electron chi connectivity index (χ4n) is 4.49. The molecule has 4 rings (SSSR count). The Balaban J connectivity index is 1.37. The van der Waals surface area contributed by atoms with Crippen LogP contribution in [0.15, 0.2) is 47.3 Å². The molecule has 8 atom stereocenters. The molecular formula is C24H33N7O7. The molecule has 1 aromatic heterocycles. The van der Waals surface area contributed by atoms with Crippen LogP contribution >= 0.6 is 0 Å². The first kappa shape index (κ1) is 27.7. The number of hydrogen-bond donors (Lipinski definition) is 4. The third kappa shape index (κ3) is 6.76. The van der Waals surface area contributed by atoms with Crippen LogP contribution in [0.1, 0.15) is 33.6 Å². The normalized spacial score (nSPS) is 29.5. The highest BCUT2D eigenvalue weighted by molar-refractivity contribution is 5.94. The molecule has 206 valence electrons. The molecule has 2 aliphatic heterocycles. The largest absolute Gasteiger partial charge is 0.393 e. The Morgan fingerprint density at radius 3 is 2.66 bits per heavy atom. The molecule has 0 amide bonds. The number of hydrazone groups is 1. The third-order valence-electron chi connectivity index (χ3n) is 7.00. The van der Waals surface area contributed by atoms with Crippen LogP contribution in [0.4, 0.5) is 11.4 Å². The lowest BCUT2D eigenvalue weighted by molar-refractivity contribution is -0.384. The first-order valence-electron chi connectivity index (χ1n) is 12.4. The Bertz CT molecular complexity index is 1140. The molecule has 3 heterocycles. The lowest BCUT2D eigenvalue weighted by Gasteiger charge is -2.38. The Labute approximate surface area is 219 Å². The third-order valence-corrected chi connectivity index (χ3v) is 7.00. The number of nitro groups is 1. The summed E-state index contributed by atoms with van der Waals surface area (Å²) in [6.45, 7) is 5.76. The van der Waals surface area contributed by atoms with Gasteiger partial charge in [-0.1, -0.05) is 12.5 Å². The SMILES string of the molecule is C/C(=C\C(=N\Nc1ccc([N+](=O)[O-])cc1)n1ncnn1)C[C@@H]1OC[C@H](C[C@@H]2O[C@H]2[C@@H](C)[C@H](C)O)[C@@H](O)[C@H]1O. The summed E-state index contributed by atoms with van der Waals surface area (Å²) >= 11 is 0. The standard InChI is InChI=1S/C24H33N7O7/c1-13(8-19-23(34)22(33)16(11-37-19)10-20-24(38-20)14(2)15(3)32)9-21(30-26-12-25-29-30)28-27-17-4-6-18(7-5-17)31(35)36/h4-7,9,12,14-16,19-20,22-24,27,32-34H,8,10-11H2,1-3H3/b13-9+,28-21-/t14-,15-,16-,19-,20-,22+,23-,24-/m0/s1. The summed E-state index contributed by atoms with van der Waals surface area (Å²) in [5.74, 6) is 0.00711. The van der Waals surface area contributed by atoms with Crippen LogP contribution in [0.5, 0.6) is 0 Å². The van der Waals surface area contributed by atoms with E-state index < -0.39 is 29.3 Å². The highest BCUT2D eigenvalue weighted by Gasteiger charge is 2.48. The van der Waals surface area contributed by atoms with E-state index in [1.165, 1.54) is 35.4 Å². The second-order valence-electron chi connectivity index (χ2n) is 9.89. The van der Waals surface area contributed by atoms with Crippen molar-refractivity contribution >= 4 is 17.2 Å². The summed E-state index contributed by atoms with van der Waals surface area (Å²) in [5.41, 5.74) is 4.07. The lowest BCUT2D eigenvalue weighted by atomic mass is 9.85. The van der Waals surface area contributed by atoms with Gasteiger partial charge in [0, 0.05) is 24.0 Å². The van der Waals surface area contributed by atoms with Gasteiger partial charge in [-0.3, -0.25) is 15.5 Å². The van der Waals surface area contributed by atoms with Gasteiger partial charge in [-0.15, -0.1) is 15.0 Å². The maximum absolute atomic E-state index is 10.9. The fraction of sp³-hybridized carbons (Fsp3) is 0.583. The van der Waals surface area contributed by atoms with E-state index in [0.717, 1.165) is 5.57 Å². The minimum atomic E-state index is -1.09. The van der Waals surface area contributed by atoms with Crippen LogP contribution in [-0.4, -0.2) is 89.5 Å². The van der Waals surface area contributed by atoms with Gasteiger partial charge in [0.25, 0.3) is 5.69 Å². The van der Waals surface area contributed by atoms with Gasteiger partial charge < -0.3 is 24.8 Å². The zero-order chi connectivity index (χ0) is 27.4. The van der Waals surface area contributed by atoms with E-state index in [-0.39, 0.29) is 42.2 Å². The van der Waals surface area contributed by atoms with E-state index in [1.807, 2.05) is 13.8 Å². The molecule has 38 heavy (non-hydrogen) atoms. The molecule has 4 N–H and O–H groups in total. The fourth-order valence-corrected chi connectivity index (χ4v) is 4.49. The molecule has 0 saturated carbocycles. The summed E-state index contributed by atoms with van der Waals surface area (Å²) in [5, 5.41) is 58.0. The Morgan fingerprint density at radius 2 is 2.03 bits per heavy atom. The maximum Gasteiger partial charge on any atom is 0.269 e. The minimum absolute atomic E-state index is 0.00246. The second kappa shape index (κ2) is 12.0. The van der Waals surface area contributed by atoms with E-state index in [0.29, 0.717) is 18.5 Å². The molecule has 0 radical (unpaired) electrons. The van der Waals surface area contributed by atoms with Crippen molar-refractivity contribution < 1.29 is 29.7 Å². The van der Waals surface area contributed by atoms with Crippen molar-refractivity contribution in [3.63, 3.8) is 0 Å². The van der Waals surface area contributed by atoms with Gasteiger partial charge in [0.1, 0.15) is 6.10 Å². The summed E-state index contributed by atoms with van der Waals surface area (Å²) in [4.78, 5) is 11.6. The quantitative estimate of drug-likeness (QED) is 0.113. The Kier molecular flexibility index (Phi) is 8.79. The summed E-state index contributed by atoms with van der Waals surface area (Å²) in [6, 6.07) is 5.76. The molecule has 0 aliphatic carbocycles. The molecule has 0 spiro atoms. The first-order chi connectivity index (χ1) is 18.1. The molecule has 14 nitrogen and oxygen atoms in total. The van der Waals surface area contributed by atoms with Crippen LogP contribution in [-0.2, 0) is 9.47 Å². The molecule has 1 aromatic carbocycles. The van der Waals surface area contributed by atoms with Crippen molar-refractivity contribution in [1.29, 1.82) is 0 Å². The monoisotopic (exact) mass is 531 g/mol. The number of anilines is 1. The van der Waals surface area contributed by atoms with Crippen molar-refractivity contribution in [3.05, 3.63) is 52.4 Å². The van der Waals surface area contributed by atoms with Gasteiger partial charge >= 0.3 is 0 Å².